The molecule has 6 aliphatic rings. The lowest BCUT2D eigenvalue weighted by Gasteiger charge is -2.49. The molecule has 5 heterocycles. The first-order valence-electron chi connectivity index (χ1n) is 18.4. The summed E-state index contributed by atoms with van der Waals surface area (Å²) in [5, 5.41) is 22.7. The number of aliphatic carboxylic acids is 2. The van der Waals surface area contributed by atoms with Crippen LogP contribution in [0.25, 0.3) is 0 Å². The number of nitrogens with one attached hydrogen (secondary N) is 1. The van der Waals surface area contributed by atoms with E-state index in [2.05, 4.69) is 24.5 Å². The van der Waals surface area contributed by atoms with E-state index in [9.17, 15) is 29.4 Å². The molecule has 1 amide bonds. The van der Waals surface area contributed by atoms with Crippen LogP contribution in [-0.2, 0) is 38.1 Å². The molecule has 5 aliphatic heterocycles. The second-order valence-corrected chi connectivity index (χ2v) is 15.3. The second-order valence-electron chi connectivity index (χ2n) is 15.3. The summed E-state index contributed by atoms with van der Waals surface area (Å²) < 4.78 is 30.2. The van der Waals surface area contributed by atoms with Gasteiger partial charge in [0.2, 0.25) is 0 Å². The molecule has 0 aromatic heterocycles. The maximum absolute atomic E-state index is 13.6. The van der Waals surface area contributed by atoms with Crippen molar-refractivity contribution in [3.63, 3.8) is 0 Å². The van der Waals surface area contributed by atoms with Gasteiger partial charge in [-0.05, 0) is 32.1 Å². The maximum Gasteiger partial charge on any atom is 0.482 e. The van der Waals surface area contributed by atoms with E-state index >= 15 is 0 Å². The number of nitrogens with zero attached hydrogens (tertiary/aromatic N) is 4. The summed E-state index contributed by atoms with van der Waals surface area (Å²) in [5.74, 6) is -2.30. The Kier molecular flexibility index (Phi) is 11.2. The summed E-state index contributed by atoms with van der Waals surface area (Å²) in [5.41, 5.74) is 0. The van der Waals surface area contributed by atoms with Crippen molar-refractivity contribution in [3.8, 4) is 0 Å². The van der Waals surface area contributed by atoms with Crippen molar-refractivity contribution >= 4 is 23.8 Å². The molecule has 7 unspecified atom stereocenters. The number of hydrogen-bond acceptors (Lipinski definition) is 9. The molecular formula is C34H57N5O11+4. The predicted molar refractivity (Wildman–Crippen MR) is 175 cm³/mol. The van der Waals surface area contributed by atoms with Crippen LogP contribution in [0, 0.1) is 0 Å². The monoisotopic (exact) mass is 711 g/mol. The smallest absolute Gasteiger partial charge is 0.477 e. The van der Waals surface area contributed by atoms with Gasteiger partial charge in [-0.1, -0.05) is 12.2 Å². The van der Waals surface area contributed by atoms with Crippen LogP contribution in [0.15, 0.2) is 12.2 Å². The average molecular weight is 712 g/mol. The van der Waals surface area contributed by atoms with Crippen molar-refractivity contribution in [2.45, 2.75) is 62.9 Å². The van der Waals surface area contributed by atoms with Gasteiger partial charge in [0.15, 0.2) is 31.7 Å². The first kappa shape index (κ1) is 37.1. The molecule has 8 atom stereocenters. The van der Waals surface area contributed by atoms with E-state index in [-0.39, 0.29) is 44.2 Å². The summed E-state index contributed by atoms with van der Waals surface area (Å²) in [7, 11) is 2.17. The molecule has 16 heteroatoms. The molecule has 6 rings (SSSR count). The summed E-state index contributed by atoms with van der Waals surface area (Å²) >= 11 is 0. The van der Waals surface area contributed by atoms with Crippen molar-refractivity contribution in [1.82, 2.24) is 5.32 Å². The Hall–Kier alpha value is -2.70. The number of ketones is 1. The first-order chi connectivity index (χ1) is 24.0. The lowest BCUT2D eigenvalue weighted by atomic mass is 10.0. The molecule has 1 spiro atoms. The van der Waals surface area contributed by atoms with Crippen LogP contribution in [0.5, 0.6) is 0 Å². The zero-order valence-electron chi connectivity index (χ0n) is 29.5. The van der Waals surface area contributed by atoms with Gasteiger partial charge in [0.1, 0.15) is 59.0 Å². The van der Waals surface area contributed by atoms with E-state index in [0.717, 1.165) is 45.3 Å². The molecule has 280 valence electrons. The van der Waals surface area contributed by atoms with E-state index in [0.29, 0.717) is 96.5 Å². The molecule has 5 fully saturated rings. The lowest BCUT2D eigenvalue weighted by molar-refractivity contribution is -1.36. The topological polar surface area (TPSA) is 167 Å². The quantitative estimate of drug-likeness (QED) is 0.100. The number of likely N-dealkylation sites (N-methyl/N-ethyl adjacent to an activating group) is 1. The lowest BCUT2D eigenvalue weighted by Crippen LogP contribution is -2.85. The molecule has 16 nitrogen and oxygen atoms in total. The third-order valence-corrected chi connectivity index (χ3v) is 12.4. The number of carboxylic acid groups (broad SMARTS) is 2. The average Bonchev–Trinajstić information content (AvgIpc) is 3.78. The van der Waals surface area contributed by atoms with Crippen LogP contribution in [0.4, 0.5) is 4.79 Å². The highest BCUT2D eigenvalue weighted by Crippen LogP contribution is 2.61. The molecule has 0 saturated carbocycles. The summed E-state index contributed by atoms with van der Waals surface area (Å²) in [6.45, 7) is 7.60. The van der Waals surface area contributed by atoms with Gasteiger partial charge in [-0.2, -0.15) is 8.97 Å². The SMILES string of the molecule is C[N+]12CC[N+]3(CC(=O)O)CC[N+]4(CC(=O)O)CC[N+](CC(=O)CCCOCCOCCNC(=O)OCC5OC6CC/C=C/CC[C@@H]6O5)(CC1)C234. The Labute approximate surface area is 293 Å². The van der Waals surface area contributed by atoms with Gasteiger partial charge in [0.05, 0.1) is 39.1 Å². The molecule has 0 radical (unpaired) electrons. The van der Waals surface area contributed by atoms with E-state index in [1.54, 1.807) is 0 Å². The minimum Gasteiger partial charge on any atom is -0.477 e. The van der Waals surface area contributed by atoms with Crippen molar-refractivity contribution in [1.29, 1.82) is 0 Å². The highest BCUT2D eigenvalue weighted by molar-refractivity contribution is 5.79. The number of ether oxygens (including phenoxy) is 5. The number of alkyl carbamates (subject to hydrolysis) is 1. The number of hydrogen-bond donors (Lipinski definition) is 3. The van der Waals surface area contributed by atoms with E-state index in [1.807, 2.05) is 0 Å². The summed E-state index contributed by atoms with van der Waals surface area (Å²) in [6, 6.07) is 0. The molecule has 1 aliphatic carbocycles. The first-order valence-corrected chi connectivity index (χ1v) is 18.4. The minimum atomic E-state index is -0.868. The zero-order valence-corrected chi connectivity index (χ0v) is 29.5. The third-order valence-electron chi connectivity index (χ3n) is 12.4. The van der Waals surface area contributed by atoms with Gasteiger partial charge < -0.3 is 39.2 Å². The van der Waals surface area contributed by atoms with Crippen LogP contribution < -0.4 is 5.32 Å². The minimum absolute atomic E-state index is 0.0396. The standard InChI is InChI=1S/C34H54N5O11/c1-36-11-13-37(15-16-39(25-31(43)44)18-17-38(14-12-36,24-30(41)42)34(36,37)39)23-27(40)7-6-19-46-21-22-47-20-10-35-33(45)48-26-32-49-28-8-4-2-3-5-9-29(28)50-32/h2-3,28-29,32H,4-26H2,1H3/q+1/p+3/b3-2+/t28-,29?,32?,34?,36?,37?,38?,39?/m0/s1. The van der Waals surface area contributed by atoms with Gasteiger partial charge in [0.25, 0.3) is 0 Å². The maximum atomic E-state index is 13.6. The number of carbonyl (C=O) groups excluding carboxylic acids is 2. The Morgan fingerprint density at radius 2 is 1.28 bits per heavy atom. The fourth-order valence-electron chi connectivity index (χ4n) is 10.9. The Morgan fingerprint density at radius 3 is 1.84 bits per heavy atom. The number of carboxylic acids is 2. The van der Waals surface area contributed by atoms with Crippen molar-refractivity contribution < 1.29 is 71.0 Å². The van der Waals surface area contributed by atoms with Crippen LogP contribution in [0.2, 0.25) is 0 Å². The molecule has 50 heavy (non-hydrogen) atoms. The predicted octanol–water partition coefficient (Wildman–Crippen LogP) is 0.0673. The number of Topliss-reactive ketones (excluding diaryl/α,β-unsaturated/α-hetero) is 1. The van der Waals surface area contributed by atoms with Crippen LogP contribution in [-0.4, -0.2) is 195 Å². The molecule has 0 aromatic carbocycles. The number of carbonyl (C=O) groups is 4. The third kappa shape index (κ3) is 6.69. The highest BCUT2D eigenvalue weighted by Gasteiger charge is 2.98. The normalized spacial score (nSPS) is 38.9. The fourth-order valence-corrected chi connectivity index (χ4v) is 10.9. The van der Waals surface area contributed by atoms with Gasteiger partial charge in [-0.3, -0.25) is 4.79 Å². The van der Waals surface area contributed by atoms with Crippen molar-refractivity contribution in [2.75, 3.05) is 119 Å². The number of allylic oxidation sites excluding steroid dienone is 2. The molecular weight excluding hydrogens is 654 g/mol. The van der Waals surface area contributed by atoms with Gasteiger partial charge in [-0.25, -0.2) is 14.4 Å². The highest BCUT2D eigenvalue weighted by atomic mass is 16.7. The van der Waals surface area contributed by atoms with Gasteiger partial charge >= 0.3 is 23.9 Å². The van der Waals surface area contributed by atoms with Gasteiger partial charge in [-0.15, -0.1) is 8.97 Å². The number of rotatable bonds is 18. The van der Waals surface area contributed by atoms with Crippen molar-refractivity contribution in [2.24, 2.45) is 0 Å². The van der Waals surface area contributed by atoms with Crippen LogP contribution >= 0.6 is 0 Å². The van der Waals surface area contributed by atoms with Crippen LogP contribution in [0.3, 0.4) is 0 Å². The Bertz CT molecular complexity index is 1280. The van der Waals surface area contributed by atoms with Crippen molar-refractivity contribution in [3.05, 3.63) is 12.2 Å². The Balaban J connectivity index is 0.875. The van der Waals surface area contributed by atoms with E-state index in [1.165, 1.54) is 0 Å². The zero-order chi connectivity index (χ0) is 35.5. The molecule has 3 N–H and O–H groups in total. The van der Waals surface area contributed by atoms with Crippen LogP contribution in [0.1, 0.15) is 38.5 Å². The van der Waals surface area contributed by atoms with Gasteiger partial charge in [0, 0.05) is 19.6 Å². The van der Waals surface area contributed by atoms with E-state index < -0.39 is 30.2 Å². The molecule has 0 aromatic rings. The number of amides is 1. The fraction of sp³-hybridized carbons (Fsp3) is 0.824. The summed E-state index contributed by atoms with van der Waals surface area (Å²) in [4.78, 5) is 50.1. The number of fused-ring (bicyclic) bond motifs is 1. The largest absolute Gasteiger partial charge is 0.482 e. The number of quaternary nitrogens is 4. The second kappa shape index (κ2) is 15.1. The summed E-state index contributed by atoms with van der Waals surface area (Å²) in [6.07, 6.45) is 7.96. The van der Waals surface area contributed by atoms with E-state index in [4.69, 9.17) is 23.7 Å². The Morgan fingerprint density at radius 1 is 0.760 bits per heavy atom. The molecule has 5 saturated heterocycles. The molecule has 0 bridgehead atoms.